The van der Waals surface area contributed by atoms with Gasteiger partial charge in [-0.25, -0.2) is 0 Å². The number of Topliss-reactive ketones (excluding diaryl/α,β-unsaturated/α-hetero) is 1. The van der Waals surface area contributed by atoms with E-state index in [1.807, 2.05) is 6.92 Å². The van der Waals surface area contributed by atoms with Crippen molar-refractivity contribution in [3.05, 3.63) is 11.1 Å². The number of aliphatic hydroxyl groups excluding tert-OH is 1. The highest BCUT2D eigenvalue weighted by atomic mass is 16.2. The van der Waals surface area contributed by atoms with Crippen molar-refractivity contribution in [2.75, 3.05) is 6.61 Å². The van der Waals surface area contributed by atoms with Crippen LogP contribution in [0.2, 0.25) is 0 Å². The maximum Gasteiger partial charge on any atom is 0.158 e. The summed E-state index contributed by atoms with van der Waals surface area (Å²) in [5, 5.41) is 8.72. The third kappa shape index (κ3) is 10.3. The predicted molar refractivity (Wildman–Crippen MR) is 103 cm³/mol. The maximum absolute atomic E-state index is 11.7. The normalized spacial score (nSPS) is 15.3. The molecule has 0 amide bonds. The van der Waals surface area contributed by atoms with Crippen LogP contribution in [-0.4, -0.2) is 17.5 Å². The summed E-state index contributed by atoms with van der Waals surface area (Å²) in [7, 11) is 0. The fourth-order valence-electron chi connectivity index (χ4n) is 3.74. The third-order valence-electron chi connectivity index (χ3n) is 5.47. The van der Waals surface area contributed by atoms with Crippen LogP contribution in [0, 0.1) is 0 Å². The van der Waals surface area contributed by atoms with Gasteiger partial charge in [-0.1, -0.05) is 76.2 Å². The van der Waals surface area contributed by atoms with Crippen LogP contribution in [0.4, 0.5) is 0 Å². The molecule has 0 bridgehead atoms. The van der Waals surface area contributed by atoms with Crippen molar-refractivity contribution < 1.29 is 9.90 Å². The molecule has 2 heteroatoms. The van der Waals surface area contributed by atoms with Gasteiger partial charge in [-0.2, -0.15) is 0 Å². The zero-order valence-electron chi connectivity index (χ0n) is 16.1. The first kappa shape index (κ1) is 21.4. The summed E-state index contributed by atoms with van der Waals surface area (Å²) in [5.41, 5.74) is 2.53. The van der Waals surface area contributed by atoms with Crippen molar-refractivity contribution >= 4 is 5.78 Å². The predicted octanol–water partition coefficient (Wildman–Crippen LogP) is 6.51. The zero-order chi connectivity index (χ0) is 17.5. The number of carbonyl (C=O) groups excluding carboxylic acids is 1. The molecule has 0 unspecified atom stereocenters. The molecule has 0 aromatic carbocycles. The van der Waals surface area contributed by atoms with E-state index in [0.29, 0.717) is 12.4 Å². The van der Waals surface area contributed by atoms with Crippen LogP contribution in [-0.2, 0) is 4.79 Å². The first-order valence-electron chi connectivity index (χ1n) is 10.6. The Bertz CT molecular complexity index is 357. The number of aliphatic hydroxyl groups is 1. The van der Waals surface area contributed by atoms with Crippen LogP contribution in [0.3, 0.4) is 0 Å². The second-order valence-electron chi connectivity index (χ2n) is 7.58. The molecule has 0 spiro atoms. The first-order valence-corrected chi connectivity index (χ1v) is 10.6. The fraction of sp³-hybridized carbons (Fsp3) is 0.864. The minimum atomic E-state index is 0.356. The Balaban J connectivity index is 1.82. The van der Waals surface area contributed by atoms with E-state index in [1.54, 1.807) is 0 Å². The second kappa shape index (κ2) is 14.7. The van der Waals surface area contributed by atoms with Gasteiger partial charge in [0.2, 0.25) is 0 Å². The molecule has 2 nitrogen and oxygen atoms in total. The molecule has 0 atom stereocenters. The van der Waals surface area contributed by atoms with Crippen molar-refractivity contribution in [3.8, 4) is 0 Å². The Labute approximate surface area is 150 Å². The Hall–Kier alpha value is -0.630. The summed E-state index contributed by atoms with van der Waals surface area (Å²) >= 11 is 0. The van der Waals surface area contributed by atoms with Crippen molar-refractivity contribution in [1.82, 2.24) is 0 Å². The largest absolute Gasteiger partial charge is 0.396 e. The molecule has 0 aromatic rings. The van der Waals surface area contributed by atoms with Crippen LogP contribution >= 0.6 is 0 Å². The quantitative estimate of drug-likeness (QED) is 0.346. The SMILES string of the molecule is CC1=C(CCCCCCCCCCCCCCCO)CCCC1=O. The lowest BCUT2D eigenvalue weighted by Crippen LogP contribution is -2.09. The van der Waals surface area contributed by atoms with Gasteiger partial charge in [-0.05, 0) is 44.6 Å². The molecular formula is C22H40O2. The van der Waals surface area contributed by atoms with Gasteiger partial charge >= 0.3 is 0 Å². The van der Waals surface area contributed by atoms with E-state index in [0.717, 1.165) is 37.7 Å². The molecule has 1 rings (SSSR count). The molecule has 0 radical (unpaired) electrons. The molecular weight excluding hydrogens is 296 g/mol. The number of hydrogen-bond donors (Lipinski definition) is 1. The van der Waals surface area contributed by atoms with E-state index in [-0.39, 0.29) is 0 Å². The highest BCUT2D eigenvalue weighted by molar-refractivity contribution is 5.96. The summed E-state index contributed by atoms with van der Waals surface area (Å²) in [5.74, 6) is 0.393. The lowest BCUT2D eigenvalue weighted by molar-refractivity contribution is -0.116. The number of rotatable bonds is 15. The number of carbonyl (C=O) groups is 1. The average molecular weight is 337 g/mol. The molecule has 0 heterocycles. The van der Waals surface area contributed by atoms with Crippen molar-refractivity contribution in [1.29, 1.82) is 0 Å². The van der Waals surface area contributed by atoms with Crippen LogP contribution in [0.15, 0.2) is 11.1 Å². The minimum Gasteiger partial charge on any atom is -0.396 e. The highest BCUT2D eigenvalue weighted by Crippen LogP contribution is 2.26. The number of ketones is 1. The monoisotopic (exact) mass is 336 g/mol. The van der Waals surface area contributed by atoms with Crippen molar-refractivity contribution in [3.63, 3.8) is 0 Å². The van der Waals surface area contributed by atoms with Gasteiger partial charge in [-0.3, -0.25) is 4.79 Å². The first-order chi connectivity index (χ1) is 11.8. The van der Waals surface area contributed by atoms with Crippen molar-refractivity contribution in [2.24, 2.45) is 0 Å². The van der Waals surface area contributed by atoms with Crippen LogP contribution in [0.5, 0.6) is 0 Å². The molecule has 0 aliphatic heterocycles. The van der Waals surface area contributed by atoms with E-state index < -0.39 is 0 Å². The molecule has 0 fully saturated rings. The van der Waals surface area contributed by atoms with Crippen molar-refractivity contribution in [2.45, 2.75) is 116 Å². The molecule has 0 saturated heterocycles. The maximum atomic E-state index is 11.7. The molecule has 24 heavy (non-hydrogen) atoms. The van der Waals surface area contributed by atoms with E-state index in [1.165, 1.54) is 82.6 Å². The van der Waals surface area contributed by atoms with Crippen LogP contribution in [0.25, 0.3) is 0 Å². The van der Waals surface area contributed by atoms with Crippen LogP contribution in [0.1, 0.15) is 116 Å². The minimum absolute atomic E-state index is 0.356. The Kier molecular flexibility index (Phi) is 13.1. The van der Waals surface area contributed by atoms with Gasteiger partial charge in [0.25, 0.3) is 0 Å². The van der Waals surface area contributed by atoms with Gasteiger partial charge < -0.3 is 5.11 Å². The highest BCUT2D eigenvalue weighted by Gasteiger charge is 2.15. The Morgan fingerprint density at radius 3 is 1.67 bits per heavy atom. The van der Waals surface area contributed by atoms with E-state index in [2.05, 4.69) is 0 Å². The smallest absolute Gasteiger partial charge is 0.158 e. The fourth-order valence-corrected chi connectivity index (χ4v) is 3.74. The topological polar surface area (TPSA) is 37.3 Å². The molecule has 0 saturated carbocycles. The zero-order valence-corrected chi connectivity index (χ0v) is 16.1. The summed E-state index contributed by atoms with van der Waals surface area (Å²) in [4.78, 5) is 11.7. The standard InChI is InChI=1S/C22H40O2/c1-20-21(17-15-18-22(20)24)16-13-11-9-7-5-3-2-4-6-8-10-12-14-19-23/h23H,2-19H2,1H3. The third-order valence-corrected chi connectivity index (χ3v) is 5.47. The summed E-state index contributed by atoms with van der Waals surface area (Å²) < 4.78 is 0. The van der Waals surface area contributed by atoms with E-state index >= 15 is 0 Å². The molecule has 0 aromatic heterocycles. The molecule has 140 valence electrons. The lowest BCUT2D eigenvalue weighted by atomic mass is 9.88. The summed E-state index contributed by atoms with van der Waals surface area (Å²) in [6.07, 6.45) is 21.3. The van der Waals surface area contributed by atoms with E-state index in [4.69, 9.17) is 5.11 Å². The average Bonchev–Trinajstić information content (AvgIpc) is 2.58. The van der Waals surface area contributed by atoms with Gasteiger partial charge in [0.15, 0.2) is 5.78 Å². The van der Waals surface area contributed by atoms with Gasteiger partial charge in [0.05, 0.1) is 0 Å². The lowest BCUT2D eigenvalue weighted by Gasteiger charge is -2.16. The Morgan fingerprint density at radius 1 is 0.708 bits per heavy atom. The van der Waals surface area contributed by atoms with Gasteiger partial charge in [0, 0.05) is 13.0 Å². The summed E-state index contributed by atoms with van der Waals surface area (Å²) in [6, 6.07) is 0. The van der Waals surface area contributed by atoms with Gasteiger partial charge in [-0.15, -0.1) is 0 Å². The number of unbranched alkanes of at least 4 members (excludes halogenated alkanes) is 12. The second-order valence-corrected chi connectivity index (χ2v) is 7.58. The molecule has 1 aliphatic carbocycles. The molecule has 1 N–H and O–H groups in total. The Morgan fingerprint density at radius 2 is 1.17 bits per heavy atom. The molecule has 1 aliphatic rings. The summed E-state index contributed by atoms with van der Waals surface area (Å²) in [6.45, 7) is 2.39. The van der Waals surface area contributed by atoms with E-state index in [9.17, 15) is 4.79 Å². The van der Waals surface area contributed by atoms with Crippen LogP contribution < -0.4 is 0 Å². The number of allylic oxidation sites excluding steroid dienone is 2. The number of hydrogen-bond acceptors (Lipinski definition) is 2. The van der Waals surface area contributed by atoms with Gasteiger partial charge in [0.1, 0.15) is 0 Å².